The topological polar surface area (TPSA) is 75.1 Å². The van der Waals surface area contributed by atoms with Crippen molar-refractivity contribution in [2.45, 2.75) is 32.7 Å². The molecule has 2 aliphatic rings. The molecule has 2 fully saturated rings. The summed E-state index contributed by atoms with van der Waals surface area (Å²) in [6.07, 6.45) is 6.41. The second-order valence-electron chi connectivity index (χ2n) is 8.23. The van der Waals surface area contributed by atoms with Crippen LogP contribution < -0.4 is 15.5 Å². The first-order valence-electron chi connectivity index (χ1n) is 10.3. The van der Waals surface area contributed by atoms with Crippen molar-refractivity contribution in [3.05, 3.63) is 42.1 Å². The minimum absolute atomic E-state index is 0.0590. The van der Waals surface area contributed by atoms with E-state index in [1.54, 1.807) is 6.20 Å². The molecule has 2 N–H and O–H groups in total. The van der Waals surface area contributed by atoms with Crippen LogP contribution in [0.25, 0.3) is 0 Å². The summed E-state index contributed by atoms with van der Waals surface area (Å²) < 4.78 is 2.16. The van der Waals surface area contributed by atoms with E-state index in [1.807, 2.05) is 24.5 Å². The fourth-order valence-corrected chi connectivity index (χ4v) is 4.31. The molecule has 2 aromatic heterocycles. The lowest BCUT2D eigenvalue weighted by molar-refractivity contribution is 0.0952. The van der Waals surface area contributed by atoms with Crippen LogP contribution in [-0.4, -0.2) is 53.2 Å². The van der Waals surface area contributed by atoms with E-state index in [0.717, 1.165) is 62.6 Å². The average molecular weight is 383 g/mol. The SMILES string of the molecule is CC(C)c1nccn1CCCNC(=O)c1ccc(N2C[C@H]3CNC[C@H]3C2)nc1. The summed E-state index contributed by atoms with van der Waals surface area (Å²) in [5.41, 5.74) is 0.621. The Balaban J connectivity index is 1.24. The van der Waals surface area contributed by atoms with Crippen molar-refractivity contribution in [3.63, 3.8) is 0 Å². The standard InChI is InChI=1S/C21H30N6O/c1-15(2)20-23-7-9-26(20)8-3-6-24-21(28)16-4-5-19(25-12-16)27-13-17-10-22-11-18(17)14-27/h4-5,7,9,12,15,17-18,22H,3,6,8,10-11,13-14H2,1-2H3,(H,24,28)/t17-,18+. The number of nitrogens with one attached hydrogen (secondary N) is 2. The summed E-state index contributed by atoms with van der Waals surface area (Å²) in [6, 6.07) is 3.86. The number of rotatable bonds is 7. The predicted molar refractivity (Wildman–Crippen MR) is 110 cm³/mol. The largest absolute Gasteiger partial charge is 0.356 e. The molecule has 0 radical (unpaired) electrons. The van der Waals surface area contributed by atoms with Gasteiger partial charge in [-0.3, -0.25) is 4.79 Å². The third-order valence-corrected chi connectivity index (χ3v) is 5.85. The first-order chi connectivity index (χ1) is 13.6. The molecule has 28 heavy (non-hydrogen) atoms. The molecule has 1 amide bonds. The molecule has 0 aliphatic carbocycles. The van der Waals surface area contributed by atoms with Crippen molar-refractivity contribution in [1.82, 2.24) is 25.2 Å². The van der Waals surface area contributed by atoms with Gasteiger partial charge in [0.05, 0.1) is 5.56 Å². The molecule has 150 valence electrons. The average Bonchev–Trinajstić information content (AvgIpc) is 3.40. The first kappa shape index (κ1) is 18.9. The van der Waals surface area contributed by atoms with Crippen LogP contribution in [0.4, 0.5) is 5.82 Å². The Morgan fingerprint density at radius 2 is 2.04 bits per heavy atom. The van der Waals surface area contributed by atoms with E-state index in [-0.39, 0.29) is 5.91 Å². The molecule has 2 aliphatic heterocycles. The summed E-state index contributed by atoms with van der Waals surface area (Å²) in [4.78, 5) is 23.7. The number of hydrogen-bond acceptors (Lipinski definition) is 5. The molecule has 2 aromatic rings. The van der Waals surface area contributed by atoms with E-state index < -0.39 is 0 Å². The highest BCUT2D eigenvalue weighted by Gasteiger charge is 2.36. The number of imidazole rings is 1. The predicted octanol–water partition coefficient (Wildman–Crippen LogP) is 1.88. The number of fused-ring (bicyclic) bond motifs is 1. The van der Waals surface area contributed by atoms with Crippen LogP contribution in [0, 0.1) is 11.8 Å². The smallest absolute Gasteiger partial charge is 0.252 e. The van der Waals surface area contributed by atoms with Gasteiger partial charge in [-0.05, 0) is 30.4 Å². The van der Waals surface area contributed by atoms with Gasteiger partial charge in [0.1, 0.15) is 11.6 Å². The van der Waals surface area contributed by atoms with E-state index in [1.165, 1.54) is 0 Å². The Bertz CT molecular complexity index is 787. The van der Waals surface area contributed by atoms with Gasteiger partial charge in [0.15, 0.2) is 0 Å². The molecule has 0 unspecified atom stereocenters. The van der Waals surface area contributed by atoms with Crippen molar-refractivity contribution in [2.24, 2.45) is 11.8 Å². The molecule has 0 aromatic carbocycles. The van der Waals surface area contributed by atoms with E-state index >= 15 is 0 Å². The van der Waals surface area contributed by atoms with Gasteiger partial charge in [0.2, 0.25) is 0 Å². The minimum Gasteiger partial charge on any atom is -0.356 e. The fraction of sp³-hybridized carbons (Fsp3) is 0.571. The molecular formula is C21H30N6O. The van der Waals surface area contributed by atoms with Crippen LogP contribution in [0.15, 0.2) is 30.7 Å². The zero-order valence-electron chi connectivity index (χ0n) is 16.8. The van der Waals surface area contributed by atoms with Crippen LogP contribution in [0.1, 0.15) is 42.4 Å². The Labute approximate surface area is 166 Å². The fourth-order valence-electron chi connectivity index (χ4n) is 4.31. The van der Waals surface area contributed by atoms with Crippen molar-refractivity contribution >= 4 is 11.7 Å². The monoisotopic (exact) mass is 382 g/mol. The highest BCUT2D eigenvalue weighted by Crippen LogP contribution is 2.29. The van der Waals surface area contributed by atoms with Gasteiger partial charge in [0.25, 0.3) is 5.91 Å². The van der Waals surface area contributed by atoms with Gasteiger partial charge < -0.3 is 20.1 Å². The lowest BCUT2D eigenvalue weighted by Crippen LogP contribution is -2.27. The molecule has 4 rings (SSSR count). The number of carbonyl (C=O) groups is 1. The Kier molecular flexibility index (Phi) is 5.62. The molecule has 0 bridgehead atoms. The van der Waals surface area contributed by atoms with Gasteiger partial charge in [-0.25, -0.2) is 9.97 Å². The van der Waals surface area contributed by atoms with Crippen molar-refractivity contribution < 1.29 is 4.79 Å². The normalized spacial score (nSPS) is 21.3. The zero-order valence-corrected chi connectivity index (χ0v) is 16.8. The third-order valence-electron chi connectivity index (χ3n) is 5.85. The van der Waals surface area contributed by atoms with E-state index in [4.69, 9.17) is 0 Å². The number of anilines is 1. The van der Waals surface area contributed by atoms with Gasteiger partial charge in [-0.2, -0.15) is 0 Å². The highest BCUT2D eigenvalue weighted by atomic mass is 16.1. The number of amides is 1. The van der Waals surface area contributed by atoms with Crippen LogP contribution >= 0.6 is 0 Å². The summed E-state index contributed by atoms with van der Waals surface area (Å²) in [6.45, 7) is 10.1. The summed E-state index contributed by atoms with van der Waals surface area (Å²) in [5.74, 6) is 3.88. The maximum Gasteiger partial charge on any atom is 0.252 e. The first-order valence-corrected chi connectivity index (χ1v) is 10.3. The molecule has 4 heterocycles. The van der Waals surface area contributed by atoms with E-state index in [2.05, 4.69) is 43.9 Å². The number of aromatic nitrogens is 3. The van der Waals surface area contributed by atoms with Crippen LogP contribution in [-0.2, 0) is 6.54 Å². The second-order valence-corrected chi connectivity index (χ2v) is 8.23. The molecular weight excluding hydrogens is 352 g/mol. The van der Waals surface area contributed by atoms with Crippen molar-refractivity contribution in [1.29, 1.82) is 0 Å². The highest BCUT2D eigenvalue weighted by molar-refractivity contribution is 5.94. The second kappa shape index (κ2) is 8.31. The van der Waals surface area contributed by atoms with Crippen molar-refractivity contribution in [2.75, 3.05) is 37.6 Å². The molecule has 0 spiro atoms. The van der Waals surface area contributed by atoms with Gasteiger partial charge in [-0.15, -0.1) is 0 Å². The molecule has 2 saturated heterocycles. The minimum atomic E-state index is -0.0590. The zero-order chi connectivity index (χ0) is 19.5. The van der Waals surface area contributed by atoms with Gasteiger partial charge in [0, 0.05) is 63.8 Å². The maximum atomic E-state index is 12.4. The summed E-state index contributed by atoms with van der Waals surface area (Å²) in [5, 5.41) is 6.45. The lowest BCUT2D eigenvalue weighted by atomic mass is 10.0. The van der Waals surface area contributed by atoms with Gasteiger partial charge >= 0.3 is 0 Å². The lowest BCUT2D eigenvalue weighted by Gasteiger charge is -2.18. The Morgan fingerprint density at radius 3 is 2.71 bits per heavy atom. The van der Waals surface area contributed by atoms with Crippen molar-refractivity contribution in [3.8, 4) is 0 Å². The number of pyridine rings is 1. The molecule has 0 saturated carbocycles. The molecule has 2 atom stereocenters. The van der Waals surface area contributed by atoms with E-state index in [9.17, 15) is 4.79 Å². The van der Waals surface area contributed by atoms with Gasteiger partial charge in [-0.1, -0.05) is 13.8 Å². The van der Waals surface area contributed by atoms with Crippen LogP contribution in [0.3, 0.4) is 0 Å². The quantitative estimate of drug-likeness (QED) is 0.715. The number of hydrogen-bond donors (Lipinski definition) is 2. The molecule has 7 heteroatoms. The van der Waals surface area contributed by atoms with Crippen LogP contribution in [0.5, 0.6) is 0 Å². The number of nitrogens with zero attached hydrogens (tertiary/aromatic N) is 4. The summed E-state index contributed by atoms with van der Waals surface area (Å²) >= 11 is 0. The Morgan fingerprint density at radius 1 is 1.25 bits per heavy atom. The maximum absolute atomic E-state index is 12.4. The van der Waals surface area contributed by atoms with E-state index in [0.29, 0.717) is 18.0 Å². The summed E-state index contributed by atoms with van der Waals surface area (Å²) in [7, 11) is 0. The third kappa shape index (κ3) is 4.04. The number of carbonyl (C=O) groups excluding carboxylic acids is 1. The molecule has 7 nitrogen and oxygen atoms in total. The van der Waals surface area contributed by atoms with Crippen LogP contribution in [0.2, 0.25) is 0 Å². The number of aryl methyl sites for hydroxylation is 1. The Hall–Kier alpha value is -2.41.